The quantitative estimate of drug-likeness (QED) is 0.0783. The van der Waals surface area contributed by atoms with Crippen molar-refractivity contribution in [2.75, 3.05) is 25.4 Å². The molecule has 4 fully saturated rings. The van der Waals surface area contributed by atoms with Gasteiger partial charge in [-0.05, 0) is 61.3 Å². The van der Waals surface area contributed by atoms with E-state index in [4.69, 9.17) is 9.26 Å². The first kappa shape index (κ1) is 40.5. The molecular weight excluding hydrogens is 679 g/mol. The molecular formula is C41H63N2O8P. The van der Waals surface area contributed by atoms with Crippen LogP contribution in [0.15, 0.2) is 30.3 Å². The Bertz CT molecular complexity index is 1390. The Hall–Kier alpha value is -2.71. The van der Waals surface area contributed by atoms with Gasteiger partial charge >= 0.3 is 11.9 Å². The lowest BCUT2D eigenvalue weighted by molar-refractivity contribution is -0.169. The van der Waals surface area contributed by atoms with Gasteiger partial charge in [-0.25, -0.2) is 4.79 Å². The number of carboxylic acid groups (broad SMARTS) is 1. The second kappa shape index (κ2) is 19.1. The number of ether oxygens (including phenoxy) is 1. The molecule has 1 unspecified atom stereocenters. The minimum absolute atomic E-state index is 0.123. The number of hydrogen-bond acceptors (Lipinski definition) is 7. The molecule has 2 aliphatic heterocycles. The lowest BCUT2D eigenvalue weighted by Crippen LogP contribution is -2.51. The molecule has 2 amide bonds. The van der Waals surface area contributed by atoms with E-state index in [2.05, 4.69) is 12.1 Å². The van der Waals surface area contributed by atoms with Crippen LogP contribution >= 0.6 is 7.37 Å². The summed E-state index contributed by atoms with van der Waals surface area (Å²) in [7, 11) is -3.70. The molecule has 2 saturated carbocycles. The maximum absolute atomic E-state index is 14.8. The van der Waals surface area contributed by atoms with Crippen molar-refractivity contribution >= 4 is 31.1 Å². The van der Waals surface area contributed by atoms with Crippen LogP contribution in [0.2, 0.25) is 0 Å². The number of rotatable bonds is 16. The summed E-state index contributed by atoms with van der Waals surface area (Å²) in [5.41, 5.74) is 1.17. The van der Waals surface area contributed by atoms with Gasteiger partial charge in [-0.3, -0.25) is 23.5 Å². The molecule has 2 aliphatic carbocycles. The Morgan fingerprint density at radius 1 is 0.808 bits per heavy atom. The zero-order valence-corrected chi connectivity index (χ0v) is 32.7. The normalized spacial score (nSPS) is 26.3. The van der Waals surface area contributed by atoms with Crippen molar-refractivity contribution in [3.05, 3.63) is 35.9 Å². The Morgan fingerprint density at radius 3 is 1.94 bits per heavy atom. The monoisotopic (exact) mass is 742 g/mol. The van der Waals surface area contributed by atoms with E-state index in [0.717, 1.165) is 64.2 Å². The highest BCUT2D eigenvalue weighted by atomic mass is 31.2. The average molecular weight is 743 g/mol. The molecule has 0 radical (unpaired) electrons. The van der Waals surface area contributed by atoms with Crippen LogP contribution in [-0.4, -0.2) is 82.4 Å². The van der Waals surface area contributed by atoms with E-state index in [1.807, 2.05) is 32.0 Å². The molecule has 290 valence electrons. The van der Waals surface area contributed by atoms with Crippen LogP contribution in [0, 0.1) is 29.6 Å². The third-order valence-electron chi connectivity index (χ3n) is 12.3. The number of nitrogens with zero attached hydrogens (tertiary/aromatic N) is 2. The topological polar surface area (TPSA) is 131 Å². The number of aryl methyl sites for hydroxylation is 1. The highest BCUT2D eigenvalue weighted by molar-refractivity contribution is 7.59. The summed E-state index contributed by atoms with van der Waals surface area (Å²) in [5.74, 6) is -1.34. The standard InChI is InChI=1S/C41H63N2O8P/c1-4-38(45)50-41(29(2)3)51-52(49,23-15-14-18-30-16-8-5-9-17-30)28-37(44)42-26-33(31-19-10-6-11-20-31)24-35(42)39(46)43-27-34(25-36(43)40(47)48)32-21-12-7-13-22-32/h5,8-9,16-17,29,31-36,41H,4,6-7,10-15,18-28H2,1-3H3,(H,47,48)/t33-,34-,35+,36+,41+,52?/m1/s1. The number of unbranched alkanes of at least 4 members (excludes halogenated alkanes) is 1. The molecule has 10 nitrogen and oxygen atoms in total. The number of carboxylic acids is 1. The highest BCUT2D eigenvalue weighted by Crippen LogP contribution is 2.51. The molecule has 2 saturated heterocycles. The summed E-state index contributed by atoms with van der Waals surface area (Å²) in [4.78, 5) is 57.2. The van der Waals surface area contributed by atoms with Crippen molar-refractivity contribution in [3.63, 3.8) is 0 Å². The fraction of sp³-hybridized carbons (Fsp3) is 0.756. The summed E-state index contributed by atoms with van der Waals surface area (Å²) in [6.07, 6.45) is 13.1. The van der Waals surface area contributed by atoms with Crippen LogP contribution in [0.25, 0.3) is 0 Å². The smallest absolute Gasteiger partial charge is 0.326 e. The molecule has 5 rings (SSSR count). The number of esters is 1. The third kappa shape index (κ3) is 10.7. The third-order valence-corrected chi connectivity index (χ3v) is 14.6. The molecule has 0 aromatic heterocycles. The van der Waals surface area contributed by atoms with E-state index in [-0.39, 0.29) is 42.4 Å². The predicted molar refractivity (Wildman–Crippen MR) is 201 cm³/mol. The fourth-order valence-electron chi connectivity index (χ4n) is 9.28. The van der Waals surface area contributed by atoms with Gasteiger partial charge in [0, 0.05) is 31.6 Å². The zero-order valence-electron chi connectivity index (χ0n) is 31.8. The Balaban J connectivity index is 1.37. The van der Waals surface area contributed by atoms with Gasteiger partial charge in [0.25, 0.3) is 0 Å². The molecule has 1 N–H and O–H groups in total. The molecule has 6 atom stereocenters. The van der Waals surface area contributed by atoms with Crippen molar-refractivity contribution < 1.29 is 38.1 Å². The van der Waals surface area contributed by atoms with Crippen molar-refractivity contribution in [2.45, 2.75) is 142 Å². The minimum Gasteiger partial charge on any atom is -0.480 e. The Kier molecular flexibility index (Phi) is 14.8. The van der Waals surface area contributed by atoms with E-state index in [1.165, 1.54) is 18.4 Å². The van der Waals surface area contributed by atoms with Crippen molar-refractivity contribution in [2.24, 2.45) is 29.6 Å². The van der Waals surface area contributed by atoms with Crippen LogP contribution in [0.4, 0.5) is 0 Å². The predicted octanol–water partition coefficient (Wildman–Crippen LogP) is 7.92. The molecule has 1 aromatic rings. The Labute approximate surface area is 311 Å². The van der Waals surface area contributed by atoms with Gasteiger partial charge in [-0.15, -0.1) is 0 Å². The van der Waals surface area contributed by atoms with Crippen molar-refractivity contribution in [1.29, 1.82) is 0 Å². The number of carbonyl (C=O) groups is 4. The molecule has 52 heavy (non-hydrogen) atoms. The summed E-state index contributed by atoms with van der Waals surface area (Å²) in [6.45, 7) is 6.15. The van der Waals surface area contributed by atoms with E-state index in [1.54, 1.807) is 16.7 Å². The van der Waals surface area contributed by atoms with E-state index in [9.17, 15) is 28.8 Å². The Morgan fingerprint density at radius 2 is 1.38 bits per heavy atom. The summed E-state index contributed by atoms with van der Waals surface area (Å²) < 4.78 is 26.6. The van der Waals surface area contributed by atoms with Crippen molar-refractivity contribution in [3.8, 4) is 0 Å². The van der Waals surface area contributed by atoms with Gasteiger partial charge in [0.05, 0.1) is 0 Å². The van der Waals surface area contributed by atoms with Gasteiger partial charge in [0.2, 0.25) is 25.5 Å². The van der Waals surface area contributed by atoms with Gasteiger partial charge in [-0.1, -0.05) is 115 Å². The summed E-state index contributed by atoms with van der Waals surface area (Å²) in [6, 6.07) is 8.36. The molecule has 1 aromatic carbocycles. The van der Waals surface area contributed by atoms with E-state index < -0.39 is 43.6 Å². The fourth-order valence-corrected chi connectivity index (χ4v) is 11.6. The van der Waals surface area contributed by atoms with Crippen LogP contribution in [-0.2, 0) is 39.4 Å². The minimum atomic E-state index is -3.70. The lowest BCUT2D eigenvalue weighted by atomic mass is 9.79. The summed E-state index contributed by atoms with van der Waals surface area (Å²) >= 11 is 0. The molecule has 11 heteroatoms. The van der Waals surface area contributed by atoms with Gasteiger partial charge in [0.15, 0.2) is 0 Å². The first-order valence-corrected chi connectivity index (χ1v) is 22.3. The van der Waals surface area contributed by atoms with Crippen LogP contribution in [0.1, 0.15) is 123 Å². The van der Waals surface area contributed by atoms with E-state index >= 15 is 0 Å². The van der Waals surface area contributed by atoms with Crippen LogP contribution in [0.3, 0.4) is 0 Å². The largest absolute Gasteiger partial charge is 0.480 e. The van der Waals surface area contributed by atoms with E-state index in [0.29, 0.717) is 44.2 Å². The molecule has 2 heterocycles. The number of likely N-dealkylation sites (tertiary alicyclic amines) is 2. The number of aliphatic carboxylic acids is 1. The first-order valence-electron chi connectivity index (χ1n) is 20.3. The number of hydrogen-bond donors (Lipinski definition) is 1. The first-order chi connectivity index (χ1) is 25.0. The zero-order chi connectivity index (χ0) is 37.3. The van der Waals surface area contributed by atoms with Crippen LogP contribution < -0.4 is 0 Å². The molecule has 0 spiro atoms. The number of benzene rings is 1. The van der Waals surface area contributed by atoms with Crippen LogP contribution in [0.5, 0.6) is 0 Å². The maximum Gasteiger partial charge on any atom is 0.326 e. The lowest BCUT2D eigenvalue weighted by Gasteiger charge is -2.32. The molecule has 4 aliphatic rings. The van der Waals surface area contributed by atoms with Gasteiger partial charge in [0.1, 0.15) is 18.2 Å². The molecule has 0 bridgehead atoms. The average Bonchev–Trinajstić information content (AvgIpc) is 3.81. The second-order valence-electron chi connectivity index (χ2n) is 16.4. The number of carbonyl (C=O) groups excluding carboxylic acids is 3. The second-order valence-corrected chi connectivity index (χ2v) is 19.0. The van der Waals surface area contributed by atoms with Gasteiger partial charge < -0.3 is 19.6 Å². The highest BCUT2D eigenvalue weighted by Gasteiger charge is 2.50. The summed E-state index contributed by atoms with van der Waals surface area (Å²) in [5, 5.41) is 10.3. The number of amides is 2. The SMILES string of the molecule is CCC(=O)O[C@@H](OP(=O)(CCCCc1ccccc1)CC(=O)N1C[C@H](C2CCCCC2)C[C@H]1C(=O)N1C[C@H](C2CCCCC2)C[C@H]1C(=O)O)C(C)C. The van der Waals surface area contributed by atoms with Crippen molar-refractivity contribution in [1.82, 2.24) is 9.80 Å². The van der Waals surface area contributed by atoms with Gasteiger partial charge in [-0.2, -0.15) is 0 Å². The maximum atomic E-state index is 14.8.